The summed E-state index contributed by atoms with van der Waals surface area (Å²) < 4.78 is 11.1. The second-order valence-electron chi connectivity index (χ2n) is 7.28. The first-order valence-corrected chi connectivity index (χ1v) is 9.60. The van der Waals surface area contributed by atoms with E-state index >= 15 is 0 Å². The minimum absolute atomic E-state index is 0.364. The predicted octanol–water partition coefficient (Wildman–Crippen LogP) is 2.13. The van der Waals surface area contributed by atoms with Crippen molar-refractivity contribution in [1.82, 2.24) is 9.80 Å². The molecule has 5 heteroatoms. The highest BCUT2D eigenvalue weighted by atomic mass is 16.5. The van der Waals surface area contributed by atoms with Crippen molar-refractivity contribution in [3.8, 4) is 5.75 Å². The number of hydrogen-bond donors (Lipinski definition) is 1. The van der Waals surface area contributed by atoms with Gasteiger partial charge < -0.3 is 14.6 Å². The summed E-state index contributed by atoms with van der Waals surface area (Å²) in [4.78, 5) is 5.04. The maximum Gasteiger partial charge on any atom is 0.124 e. The quantitative estimate of drug-likeness (QED) is 0.780. The summed E-state index contributed by atoms with van der Waals surface area (Å²) in [6, 6.07) is 8.53. The van der Waals surface area contributed by atoms with E-state index in [-0.39, 0.29) is 0 Å². The summed E-state index contributed by atoms with van der Waals surface area (Å²) >= 11 is 0. The van der Waals surface area contributed by atoms with Gasteiger partial charge in [-0.2, -0.15) is 0 Å². The fourth-order valence-electron chi connectivity index (χ4n) is 4.08. The number of β-amino-alcohol motifs (C(OH)–C–C–N with tert-alkyl or cyclic N) is 1. The number of nitrogens with zero attached hydrogens (tertiary/aromatic N) is 2. The number of aliphatic hydroxyl groups excluding tert-OH is 1. The van der Waals surface area contributed by atoms with Crippen molar-refractivity contribution in [1.29, 1.82) is 0 Å². The lowest BCUT2D eigenvalue weighted by atomic mass is 10.0. The molecule has 2 saturated heterocycles. The molecule has 25 heavy (non-hydrogen) atoms. The molecule has 0 bridgehead atoms. The Morgan fingerprint density at radius 3 is 2.76 bits per heavy atom. The van der Waals surface area contributed by atoms with E-state index in [1.54, 1.807) is 7.11 Å². The second kappa shape index (κ2) is 9.53. The molecule has 140 valence electrons. The highest BCUT2D eigenvalue weighted by molar-refractivity contribution is 5.32. The van der Waals surface area contributed by atoms with Gasteiger partial charge >= 0.3 is 0 Å². The van der Waals surface area contributed by atoms with E-state index < -0.39 is 6.10 Å². The molecule has 0 radical (unpaired) electrons. The Kier molecular flexibility index (Phi) is 7.11. The number of benzene rings is 1. The van der Waals surface area contributed by atoms with Crippen LogP contribution in [0.4, 0.5) is 0 Å². The standard InChI is InChI=1S/C20H32N2O3/c1-24-20-9-3-2-7-17(20)15-25-16-19(23)14-21-10-6-8-18(13-21)22-11-4-5-12-22/h2-3,7,9,18-19,23H,4-6,8,10-16H2,1H3. The fraction of sp³-hybridized carbons (Fsp3) is 0.700. The third-order valence-corrected chi connectivity index (χ3v) is 5.37. The first-order chi connectivity index (χ1) is 12.3. The normalized spacial score (nSPS) is 23.7. The van der Waals surface area contributed by atoms with Gasteiger partial charge in [0.1, 0.15) is 5.75 Å². The van der Waals surface area contributed by atoms with Gasteiger partial charge in [-0.05, 0) is 51.4 Å². The van der Waals surface area contributed by atoms with Gasteiger partial charge in [0.2, 0.25) is 0 Å². The maximum atomic E-state index is 10.3. The molecule has 3 rings (SSSR count). The first-order valence-electron chi connectivity index (χ1n) is 9.60. The summed E-state index contributed by atoms with van der Waals surface area (Å²) in [5, 5.41) is 10.3. The number of aliphatic hydroxyl groups is 1. The topological polar surface area (TPSA) is 45.2 Å². The monoisotopic (exact) mass is 348 g/mol. The summed E-state index contributed by atoms with van der Waals surface area (Å²) in [5.74, 6) is 0.835. The van der Waals surface area contributed by atoms with Gasteiger partial charge in [-0.3, -0.25) is 9.80 Å². The molecule has 1 N–H and O–H groups in total. The van der Waals surface area contributed by atoms with E-state index in [1.165, 1.54) is 38.8 Å². The van der Waals surface area contributed by atoms with Crippen LogP contribution in [-0.4, -0.2) is 73.5 Å². The van der Waals surface area contributed by atoms with E-state index in [2.05, 4.69) is 9.80 Å². The van der Waals surface area contributed by atoms with Gasteiger partial charge in [0.15, 0.2) is 0 Å². The molecule has 0 amide bonds. The van der Waals surface area contributed by atoms with Crippen molar-refractivity contribution in [3.05, 3.63) is 29.8 Å². The SMILES string of the molecule is COc1ccccc1COCC(O)CN1CCCC(N2CCCC2)C1. The Balaban J connectivity index is 1.39. The molecule has 2 heterocycles. The van der Waals surface area contributed by atoms with Crippen molar-refractivity contribution in [3.63, 3.8) is 0 Å². The molecular formula is C20H32N2O3. The van der Waals surface area contributed by atoms with Crippen LogP contribution in [0.2, 0.25) is 0 Å². The van der Waals surface area contributed by atoms with Crippen molar-refractivity contribution in [2.75, 3.05) is 46.4 Å². The number of rotatable bonds is 8. The van der Waals surface area contributed by atoms with Crippen molar-refractivity contribution >= 4 is 0 Å². The molecule has 0 spiro atoms. The summed E-state index contributed by atoms with van der Waals surface area (Å²) in [6.07, 6.45) is 4.78. The van der Waals surface area contributed by atoms with E-state index in [9.17, 15) is 5.11 Å². The molecule has 2 aliphatic rings. The van der Waals surface area contributed by atoms with Crippen LogP contribution in [0.25, 0.3) is 0 Å². The van der Waals surface area contributed by atoms with Crippen LogP contribution < -0.4 is 4.74 Å². The van der Waals surface area contributed by atoms with Gasteiger partial charge in [-0.25, -0.2) is 0 Å². The molecule has 1 aromatic carbocycles. The zero-order chi connectivity index (χ0) is 17.5. The summed E-state index contributed by atoms with van der Waals surface area (Å²) in [7, 11) is 1.67. The molecule has 2 atom stereocenters. The lowest BCUT2D eigenvalue weighted by Crippen LogP contribution is -2.49. The van der Waals surface area contributed by atoms with Gasteiger partial charge in [0.05, 0.1) is 26.4 Å². The van der Waals surface area contributed by atoms with Crippen LogP contribution in [0.5, 0.6) is 5.75 Å². The van der Waals surface area contributed by atoms with Gasteiger partial charge in [-0.15, -0.1) is 0 Å². The van der Waals surface area contributed by atoms with Gasteiger partial charge in [0, 0.05) is 24.7 Å². The van der Waals surface area contributed by atoms with E-state index in [0.29, 0.717) is 25.8 Å². The lowest BCUT2D eigenvalue weighted by Gasteiger charge is -2.38. The number of hydrogen-bond acceptors (Lipinski definition) is 5. The Morgan fingerprint density at radius 2 is 1.96 bits per heavy atom. The van der Waals surface area contributed by atoms with Crippen LogP contribution >= 0.6 is 0 Å². The average Bonchev–Trinajstić information content (AvgIpc) is 3.17. The largest absolute Gasteiger partial charge is 0.496 e. The van der Waals surface area contributed by atoms with Crippen LogP contribution in [0.1, 0.15) is 31.2 Å². The van der Waals surface area contributed by atoms with E-state index in [4.69, 9.17) is 9.47 Å². The predicted molar refractivity (Wildman–Crippen MR) is 98.9 cm³/mol. The number of piperidine rings is 1. The molecule has 0 aliphatic carbocycles. The van der Waals surface area contributed by atoms with Gasteiger partial charge in [0.25, 0.3) is 0 Å². The van der Waals surface area contributed by atoms with Crippen molar-refractivity contribution < 1.29 is 14.6 Å². The number of methoxy groups -OCH3 is 1. The number of likely N-dealkylation sites (tertiary alicyclic amines) is 2. The van der Waals surface area contributed by atoms with E-state index in [0.717, 1.165) is 24.4 Å². The second-order valence-corrected chi connectivity index (χ2v) is 7.28. The third kappa shape index (κ3) is 5.42. The Labute approximate surface area is 151 Å². The minimum Gasteiger partial charge on any atom is -0.496 e. The van der Waals surface area contributed by atoms with Crippen molar-refractivity contribution in [2.45, 2.75) is 44.4 Å². The van der Waals surface area contributed by atoms with E-state index in [1.807, 2.05) is 24.3 Å². The molecule has 0 aromatic heterocycles. The third-order valence-electron chi connectivity index (χ3n) is 5.37. The van der Waals surface area contributed by atoms with Crippen LogP contribution in [0.3, 0.4) is 0 Å². The van der Waals surface area contributed by atoms with Crippen molar-refractivity contribution in [2.24, 2.45) is 0 Å². The Hall–Kier alpha value is -1.14. The first kappa shape index (κ1) is 18.6. The van der Waals surface area contributed by atoms with Crippen LogP contribution in [0.15, 0.2) is 24.3 Å². The Bertz CT molecular complexity index is 519. The lowest BCUT2D eigenvalue weighted by molar-refractivity contribution is -0.000699. The zero-order valence-corrected chi connectivity index (χ0v) is 15.4. The molecule has 2 unspecified atom stereocenters. The van der Waals surface area contributed by atoms with Crippen LogP contribution in [0, 0.1) is 0 Å². The molecule has 2 fully saturated rings. The molecule has 0 saturated carbocycles. The molecular weight excluding hydrogens is 316 g/mol. The van der Waals surface area contributed by atoms with Gasteiger partial charge in [-0.1, -0.05) is 18.2 Å². The zero-order valence-electron chi connectivity index (χ0n) is 15.4. The number of para-hydroxylation sites is 1. The maximum absolute atomic E-state index is 10.3. The Morgan fingerprint density at radius 1 is 1.16 bits per heavy atom. The summed E-state index contributed by atoms with van der Waals surface area (Å²) in [5.41, 5.74) is 1.02. The average molecular weight is 348 g/mol. The molecule has 1 aromatic rings. The number of ether oxygens (including phenoxy) is 2. The highest BCUT2D eigenvalue weighted by Crippen LogP contribution is 2.21. The van der Waals surface area contributed by atoms with Crippen LogP contribution in [-0.2, 0) is 11.3 Å². The highest BCUT2D eigenvalue weighted by Gasteiger charge is 2.27. The summed E-state index contributed by atoms with van der Waals surface area (Å²) in [6.45, 7) is 6.22. The molecule has 5 nitrogen and oxygen atoms in total. The molecule has 2 aliphatic heterocycles. The fourth-order valence-corrected chi connectivity index (χ4v) is 4.08. The minimum atomic E-state index is -0.438. The smallest absolute Gasteiger partial charge is 0.124 e.